The lowest BCUT2D eigenvalue weighted by Crippen LogP contribution is -2.00. The van der Waals surface area contributed by atoms with Crippen LogP contribution in [0.3, 0.4) is 0 Å². The molecule has 0 aromatic heterocycles. The third kappa shape index (κ3) is 14.3. The van der Waals surface area contributed by atoms with Crippen molar-refractivity contribution in [3.8, 4) is 0 Å². The summed E-state index contributed by atoms with van der Waals surface area (Å²) in [5.41, 5.74) is 0. The molecule has 114 valence electrons. The molecule has 19 heavy (non-hydrogen) atoms. The Morgan fingerprint density at radius 3 is 1.32 bits per heavy atom. The van der Waals surface area contributed by atoms with Crippen LogP contribution in [0.2, 0.25) is 12.6 Å². The third-order valence-corrected chi connectivity index (χ3v) is 4.51. The molecule has 0 aliphatic carbocycles. The Hall–Kier alpha value is 0.0649. The van der Waals surface area contributed by atoms with E-state index in [0.717, 1.165) is 5.82 Å². The van der Waals surface area contributed by atoms with Crippen LogP contribution < -0.4 is 0 Å². The van der Waals surface area contributed by atoms with Gasteiger partial charge in [0.15, 0.2) is 0 Å². The second kappa shape index (κ2) is 16.1. The molecule has 0 saturated carbocycles. The first-order valence-corrected chi connectivity index (χ1v) is 9.35. The summed E-state index contributed by atoms with van der Waals surface area (Å²) in [5, 5.41) is 0. The fraction of sp³-hybridized carbons (Fsp3) is 1.00. The quantitative estimate of drug-likeness (QED) is 0.227. The number of unbranched alkanes of at least 4 members (excludes halogenated alkanes) is 10. The van der Waals surface area contributed by atoms with Gasteiger partial charge in [0.2, 0.25) is 0 Å². The second-order valence-electron chi connectivity index (χ2n) is 6.39. The normalized spacial score (nSPS) is 11.2. The highest BCUT2D eigenvalue weighted by Crippen LogP contribution is 2.23. The van der Waals surface area contributed by atoms with Gasteiger partial charge in [-0.2, -0.15) is 0 Å². The number of hydrogen-bond acceptors (Lipinski definition) is 0. The van der Waals surface area contributed by atoms with Gasteiger partial charge in [-0.15, -0.1) is 0 Å². The molecule has 0 fully saturated rings. The summed E-state index contributed by atoms with van der Waals surface area (Å²) in [6, 6.07) is 0. The van der Waals surface area contributed by atoms with Crippen molar-refractivity contribution in [1.29, 1.82) is 0 Å². The molecule has 0 bridgehead atoms. The van der Waals surface area contributed by atoms with Crippen molar-refractivity contribution in [3.63, 3.8) is 0 Å². The van der Waals surface area contributed by atoms with E-state index >= 15 is 0 Å². The lowest BCUT2D eigenvalue weighted by atomic mass is 9.63. The molecule has 0 unspecified atom stereocenters. The van der Waals surface area contributed by atoms with Crippen molar-refractivity contribution >= 4 is 7.28 Å². The van der Waals surface area contributed by atoms with E-state index in [1.807, 2.05) is 0 Å². The third-order valence-electron chi connectivity index (χ3n) is 4.51. The first-order chi connectivity index (χ1) is 9.35. The average Bonchev–Trinajstić information content (AvgIpc) is 2.44. The van der Waals surface area contributed by atoms with Gasteiger partial charge in [-0.25, -0.2) is 0 Å². The van der Waals surface area contributed by atoms with Gasteiger partial charge in [0.1, 0.15) is 7.28 Å². The van der Waals surface area contributed by atoms with Crippen molar-refractivity contribution in [2.24, 2.45) is 0 Å². The summed E-state index contributed by atoms with van der Waals surface area (Å²) in [6.45, 7) is 6.99. The van der Waals surface area contributed by atoms with Gasteiger partial charge in [-0.1, -0.05) is 116 Å². The predicted octanol–water partition coefficient (Wildman–Crippen LogP) is 6.76. The minimum absolute atomic E-state index is 1.03. The SMILES string of the molecule is CBC(CCCCCCCC)CCCCCCCC. The molecule has 1 heteroatoms. The maximum Gasteiger partial charge on any atom is 0.120 e. The van der Waals surface area contributed by atoms with Gasteiger partial charge < -0.3 is 0 Å². The van der Waals surface area contributed by atoms with Gasteiger partial charge in [-0.05, 0) is 0 Å². The van der Waals surface area contributed by atoms with Crippen LogP contribution in [0.15, 0.2) is 0 Å². The molecule has 0 aromatic rings. The van der Waals surface area contributed by atoms with Gasteiger partial charge in [0, 0.05) is 0 Å². The maximum absolute atomic E-state index is 2.39. The summed E-state index contributed by atoms with van der Waals surface area (Å²) in [4.78, 5) is 0. The zero-order chi connectivity index (χ0) is 14.2. The lowest BCUT2D eigenvalue weighted by molar-refractivity contribution is 0.532. The van der Waals surface area contributed by atoms with Crippen molar-refractivity contribution in [2.45, 2.75) is 116 Å². The number of rotatable bonds is 15. The van der Waals surface area contributed by atoms with Crippen LogP contribution in [-0.2, 0) is 0 Å². The van der Waals surface area contributed by atoms with E-state index < -0.39 is 0 Å². The van der Waals surface area contributed by atoms with Crippen molar-refractivity contribution < 1.29 is 0 Å². The largest absolute Gasteiger partial charge is 0.120 e. The molecule has 0 aliphatic heterocycles. The van der Waals surface area contributed by atoms with Crippen LogP contribution in [0, 0.1) is 0 Å². The van der Waals surface area contributed by atoms with Gasteiger partial charge in [-0.3, -0.25) is 0 Å². The van der Waals surface area contributed by atoms with E-state index in [0.29, 0.717) is 0 Å². The van der Waals surface area contributed by atoms with Crippen LogP contribution >= 0.6 is 0 Å². The first-order valence-electron chi connectivity index (χ1n) is 9.35. The molecular formula is C18H39B. The topological polar surface area (TPSA) is 0 Å². The zero-order valence-electron chi connectivity index (χ0n) is 14.2. The van der Waals surface area contributed by atoms with E-state index in [1.165, 1.54) is 97.2 Å². The van der Waals surface area contributed by atoms with Crippen molar-refractivity contribution in [2.75, 3.05) is 0 Å². The summed E-state index contributed by atoms with van der Waals surface area (Å²) in [7, 11) is 1.41. The highest BCUT2D eigenvalue weighted by Gasteiger charge is 2.06. The van der Waals surface area contributed by atoms with Crippen LogP contribution in [0.4, 0.5) is 0 Å². The second-order valence-corrected chi connectivity index (χ2v) is 6.39. The van der Waals surface area contributed by atoms with Gasteiger partial charge in [0.25, 0.3) is 0 Å². The van der Waals surface area contributed by atoms with Crippen molar-refractivity contribution in [1.82, 2.24) is 0 Å². The molecule has 0 saturated heterocycles. The first kappa shape index (κ1) is 19.1. The minimum atomic E-state index is 1.03. The Kier molecular flexibility index (Phi) is 16.2. The predicted molar refractivity (Wildman–Crippen MR) is 92.7 cm³/mol. The highest BCUT2D eigenvalue weighted by molar-refractivity contribution is 6.35. The molecule has 0 aliphatic rings. The molecule has 0 radical (unpaired) electrons. The smallest absolute Gasteiger partial charge is 0.0891 e. The Bertz CT molecular complexity index is 140. The van der Waals surface area contributed by atoms with Gasteiger partial charge >= 0.3 is 0 Å². The summed E-state index contributed by atoms with van der Waals surface area (Å²) >= 11 is 0. The summed E-state index contributed by atoms with van der Waals surface area (Å²) in [5.74, 6) is 1.03. The Labute approximate surface area is 124 Å². The van der Waals surface area contributed by atoms with Crippen LogP contribution in [0.5, 0.6) is 0 Å². The van der Waals surface area contributed by atoms with Crippen LogP contribution in [0.25, 0.3) is 0 Å². The molecule has 0 heterocycles. The molecule has 0 N–H and O–H groups in total. The standard InChI is InChI=1S/C18H39B/c1-4-6-8-10-12-14-16-18(19-3)17-15-13-11-9-7-5-2/h18-19H,4-17H2,1-3H3. The van der Waals surface area contributed by atoms with E-state index in [9.17, 15) is 0 Å². The fourth-order valence-corrected chi connectivity index (χ4v) is 2.98. The monoisotopic (exact) mass is 266 g/mol. The highest BCUT2D eigenvalue weighted by atomic mass is 14.0. The van der Waals surface area contributed by atoms with Crippen LogP contribution in [0.1, 0.15) is 104 Å². The number of hydrogen-bond donors (Lipinski definition) is 0. The Balaban J connectivity index is 3.30. The van der Waals surface area contributed by atoms with E-state index in [1.54, 1.807) is 0 Å². The Morgan fingerprint density at radius 2 is 0.947 bits per heavy atom. The fourth-order valence-electron chi connectivity index (χ4n) is 2.98. The van der Waals surface area contributed by atoms with Gasteiger partial charge in [0.05, 0.1) is 0 Å². The Morgan fingerprint density at radius 1 is 0.579 bits per heavy atom. The van der Waals surface area contributed by atoms with Crippen molar-refractivity contribution in [3.05, 3.63) is 0 Å². The summed E-state index contributed by atoms with van der Waals surface area (Å²) < 4.78 is 0. The van der Waals surface area contributed by atoms with E-state index in [2.05, 4.69) is 20.7 Å². The van der Waals surface area contributed by atoms with E-state index in [4.69, 9.17) is 0 Å². The average molecular weight is 266 g/mol. The molecule has 0 spiro atoms. The molecule has 0 aromatic carbocycles. The molecule has 0 rings (SSSR count). The molecule has 0 atom stereocenters. The maximum atomic E-state index is 2.39. The molecule has 0 amide bonds. The van der Waals surface area contributed by atoms with Crippen LogP contribution in [-0.4, -0.2) is 7.28 Å². The van der Waals surface area contributed by atoms with E-state index in [-0.39, 0.29) is 0 Å². The molecular weight excluding hydrogens is 227 g/mol. The zero-order valence-corrected chi connectivity index (χ0v) is 14.2. The summed E-state index contributed by atoms with van der Waals surface area (Å²) in [6.07, 6.45) is 20.4. The lowest BCUT2D eigenvalue weighted by Gasteiger charge is -2.13. The minimum Gasteiger partial charge on any atom is -0.0891 e. The molecule has 0 nitrogen and oxygen atoms in total.